The van der Waals surface area contributed by atoms with E-state index in [1.54, 1.807) is 11.3 Å². The Hall–Kier alpha value is -2.18. The van der Waals surface area contributed by atoms with E-state index in [2.05, 4.69) is 15.6 Å². The van der Waals surface area contributed by atoms with E-state index in [1.165, 1.54) is 0 Å². The van der Waals surface area contributed by atoms with Crippen molar-refractivity contribution in [2.24, 2.45) is 0 Å². The zero-order valence-corrected chi connectivity index (χ0v) is 13.1. The lowest BCUT2D eigenvalue weighted by Crippen LogP contribution is -2.25. The third kappa shape index (κ3) is 3.35. The summed E-state index contributed by atoms with van der Waals surface area (Å²) in [6, 6.07) is 11.8. The maximum absolute atomic E-state index is 11.6. The van der Waals surface area contributed by atoms with Gasteiger partial charge < -0.3 is 15.1 Å². The topological polar surface area (TPSA) is 67.2 Å². The lowest BCUT2D eigenvalue weighted by atomic mass is 10.3. The molecule has 2 N–H and O–H groups in total. The summed E-state index contributed by atoms with van der Waals surface area (Å²) in [5.41, 5.74) is 0.973. The summed E-state index contributed by atoms with van der Waals surface area (Å²) < 4.78 is 6.91. The molecule has 1 amide bonds. The van der Waals surface area contributed by atoms with Gasteiger partial charge in [0.1, 0.15) is 5.76 Å². The van der Waals surface area contributed by atoms with Crippen molar-refractivity contribution in [3.8, 4) is 10.8 Å². The number of aromatic nitrogens is 1. The van der Waals surface area contributed by atoms with Crippen LogP contribution in [0.1, 0.15) is 12.2 Å². The summed E-state index contributed by atoms with van der Waals surface area (Å²) in [6.45, 7) is 1.06. The van der Waals surface area contributed by atoms with Crippen LogP contribution in [0.4, 0.5) is 0 Å². The molecule has 0 unspecified atom stereocenters. The van der Waals surface area contributed by atoms with Crippen molar-refractivity contribution in [1.82, 2.24) is 15.6 Å². The molecule has 0 aliphatic carbocycles. The Bertz CT molecular complexity index is 745. The monoisotopic (exact) mass is 315 g/mol. The molecule has 0 aliphatic rings. The minimum absolute atomic E-state index is 0.00675. The van der Waals surface area contributed by atoms with Gasteiger partial charge >= 0.3 is 0 Å². The second-order valence-corrected chi connectivity index (χ2v) is 5.91. The van der Waals surface area contributed by atoms with Gasteiger partial charge in [0, 0.05) is 13.0 Å². The van der Waals surface area contributed by atoms with E-state index in [4.69, 9.17) is 4.42 Å². The average Bonchev–Trinajstić information content (AvgIpc) is 3.16. The molecule has 114 valence electrons. The largest absolute Gasteiger partial charge is 0.457 e. The van der Waals surface area contributed by atoms with Gasteiger partial charge in [0.05, 0.1) is 16.8 Å². The van der Waals surface area contributed by atoms with E-state index in [9.17, 15) is 4.79 Å². The Kier molecular flexibility index (Phi) is 4.50. The highest BCUT2D eigenvalue weighted by Crippen LogP contribution is 2.30. The number of thiazole rings is 1. The molecule has 1 aromatic carbocycles. The van der Waals surface area contributed by atoms with Crippen molar-refractivity contribution < 1.29 is 9.21 Å². The Balaban J connectivity index is 1.67. The fourth-order valence-electron chi connectivity index (χ4n) is 2.08. The van der Waals surface area contributed by atoms with Crippen molar-refractivity contribution in [3.05, 3.63) is 42.2 Å². The summed E-state index contributed by atoms with van der Waals surface area (Å²) in [5.74, 6) is 1.47. The number of hydrogen-bond donors (Lipinski definition) is 2. The van der Waals surface area contributed by atoms with Crippen molar-refractivity contribution in [1.29, 1.82) is 0 Å². The first-order valence-electron chi connectivity index (χ1n) is 7.12. The van der Waals surface area contributed by atoms with Gasteiger partial charge in [0.2, 0.25) is 5.91 Å². The molecular formula is C16H17N3O2S. The number of fused-ring (bicyclic) bond motifs is 1. The van der Waals surface area contributed by atoms with Gasteiger partial charge in [0.15, 0.2) is 10.8 Å². The predicted molar refractivity (Wildman–Crippen MR) is 87.7 cm³/mol. The summed E-state index contributed by atoms with van der Waals surface area (Å²) >= 11 is 1.60. The van der Waals surface area contributed by atoms with Gasteiger partial charge in [-0.2, -0.15) is 0 Å². The maximum atomic E-state index is 11.6. The number of nitrogens with zero attached hydrogens (tertiary/aromatic N) is 1. The lowest BCUT2D eigenvalue weighted by Gasteiger charge is -2.02. The maximum Gasteiger partial charge on any atom is 0.221 e. The molecule has 0 saturated heterocycles. The Morgan fingerprint density at radius 1 is 1.27 bits per heavy atom. The molecule has 0 radical (unpaired) electrons. The lowest BCUT2D eigenvalue weighted by molar-refractivity contribution is -0.121. The van der Waals surface area contributed by atoms with E-state index in [1.807, 2.05) is 43.4 Å². The summed E-state index contributed by atoms with van der Waals surface area (Å²) in [6.07, 6.45) is 0.460. The highest BCUT2D eigenvalue weighted by molar-refractivity contribution is 7.21. The fourth-order valence-corrected chi connectivity index (χ4v) is 3.01. The molecule has 0 aliphatic heterocycles. The molecule has 2 heterocycles. The fraction of sp³-hybridized carbons (Fsp3) is 0.250. The van der Waals surface area contributed by atoms with Crippen molar-refractivity contribution in [3.63, 3.8) is 0 Å². The molecule has 0 spiro atoms. The third-order valence-electron chi connectivity index (χ3n) is 3.23. The summed E-state index contributed by atoms with van der Waals surface area (Å²) in [7, 11) is 1.82. The number of carbonyl (C=O) groups excluding carboxylic acids is 1. The molecule has 22 heavy (non-hydrogen) atoms. The van der Waals surface area contributed by atoms with Gasteiger partial charge in [0.25, 0.3) is 0 Å². The molecule has 3 aromatic rings. The normalized spacial score (nSPS) is 11.0. The van der Waals surface area contributed by atoms with Gasteiger partial charge in [-0.1, -0.05) is 12.1 Å². The first kappa shape index (κ1) is 14.7. The van der Waals surface area contributed by atoms with Crippen molar-refractivity contribution >= 4 is 27.5 Å². The summed E-state index contributed by atoms with van der Waals surface area (Å²) in [4.78, 5) is 16.1. The van der Waals surface area contributed by atoms with E-state index in [0.29, 0.717) is 19.5 Å². The smallest absolute Gasteiger partial charge is 0.221 e. The average molecular weight is 315 g/mol. The second kappa shape index (κ2) is 6.72. The van der Waals surface area contributed by atoms with Crippen molar-refractivity contribution in [2.45, 2.75) is 13.0 Å². The predicted octanol–water partition coefficient (Wildman–Crippen LogP) is 2.78. The van der Waals surface area contributed by atoms with Crippen LogP contribution in [-0.4, -0.2) is 24.5 Å². The van der Waals surface area contributed by atoms with Crippen LogP contribution < -0.4 is 10.6 Å². The zero-order valence-electron chi connectivity index (χ0n) is 12.3. The van der Waals surface area contributed by atoms with Crippen molar-refractivity contribution in [2.75, 3.05) is 13.6 Å². The molecule has 0 fully saturated rings. The molecule has 6 heteroatoms. The molecular weight excluding hydrogens is 298 g/mol. The highest BCUT2D eigenvalue weighted by Gasteiger charge is 2.10. The zero-order chi connectivity index (χ0) is 15.4. The van der Waals surface area contributed by atoms with Crippen LogP contribution in [0.5, 0.6) is 0 Å². The number of nitrogens with one attached hydrogen (secondary N) is 2. The molecule has 0 atom stereocenters. The highest BCUT2D eigenvalue weighted by atomic mass is 32.1. The summed E-state index contributed by atoms with van der Waals surface area (Å²) in [5, 5.41) is 6.63. The number of amides is 1. The number of furan rings is 1. The van der Waals surface area contributed by atoms with E-state index < -0.39 is 0 Å². The van der Waals surface area contributed by atoms with E-state index in [0.717, 1.165) is 26.7 Å². The Labute approximate surface area is 132 Å². The number of para-hydroxylation sites is 1. The van der Waals surface area contributed by atoms with E-state index in [-0.39, 0.29) is 5.91 Å². The van der Waals surface area contributed by atoms with Gasteiger partial charge in [-0.25, -0.2) is 4.98 Å². The number of rotatable bonds is 6. The number of hydrogen-bond acceptors (Lipinski definition) is 5. The second-order valence-electron chi connectivity index (χ2n) is 4.88. The van der Waals surface area contributed by atoms with Crippen LogP contribution in [0.25, 0.3) is 21.0 Å². The first-order chi connectivity index (χ1) is 10.8. The van der Waals surface area contributed by atoms with Crippen LogP contribution in [0.3, 0.4) is 0 Å². The standard InChI is InChI=1S/C16H17N3O2S/c1-17-9-8-15(20)18-10-11-6-7-13(21-11)16-19-12-4-2-3-5-14(12)22-16/h2-7,17H,8-10H2,1H3,(H,18,20). The molecule has 5 nitrogen and oxygen atoms in total. The van der Waals surface area contributed by atoms with E-state index >= 15 is 0 Å². The molecule has 0 bridgehead atoms. The minimum Gasteiger partial charge on any atom is -0.457 e. The Morgan fingerprint density at radius 3 is 2.95 bits per heavy atom. The minimum atomic E-state index is 0.00675. The van der Waals surface area contributed by atoms with Gasteiger partial charge in [-0.15, -0.1) is 11.3 Å². The van der Waals surface area contributed by atoms with Gasteiger partial charge in [-0.3, -0.25) is 4.79 Å². The SMILES string of the molecule is CNCCC(=O)NCc1ccc(-c2nc3ccccc3s2)o1. The van der Waals surface area contributed by atoms with Crippen LogP contribution in [-0.2, 0) is 11.3 Å². The molecule has 3 rings (SSSR count). The number of benzene rings is 1. The first-order valence-corrected chi connectivity index (χ1v) is 7.94. The quantitative estimate of drug-likeness (QED) is 0.734. The van der Waals surface area contributed by atoms with Crippen LogP contribution in [0.2, 0.25) is 0 Å². The third-order valence-corrected chi connectivity index (χ3v) is 4.28. The number of carbonyl (C=O) groups is 1. The van der Waals surface area contributed by atoms with Crippen LogP contribution in [0, 0.1) is 0 Å². The Morgan fingerprint density at radius 2 is 2.14 bits per heavy atom. The van der Waals surface area contributed by atoms with Crippen LogP contribution >= 0.6 is 11.3 Å². The molecule has 2 aromatic heterocycles. The van der Waals surface area contributed by atoms with Crippen LogP contribution in [0.15, 0.2) is 40.8 Å². The molecule has 0 saturated carbocycles. The van der Waals surface area contributed by atoms with Gasteiger partial charge in [-0.05, 0) is 31.3 Å².